The molecule has 1 atom stereocenters. The van der Waals surface area contributed by atoms with Gasteiger partial charge in [0.1, 0.15) is 11.9 Å². The first-order valence-corrected chi connectivity index (χ1v) is 8.80. The van der Waals surface area contributed by atoms with Crippen molar-refractivity contribution in [1.29, 1.82) is 0 Å². The Morgan fingerprint density at radius 3 is 2.57 bits per heavy atom. The second-order valence-corrected chi connectivity index (χ2v) is 6.21. The van der Waals surface area contributed by atoms with Crippen LogP contribution in [0.3, 0.4) is 0 Å². The summed E-state index contributed by atoms with van der Waals surface area (Å²) in [7, 11) is 0. The quantitative estimate of drug-likeness (QED) is 0.772. The lowest BCUT2D eigenvalue weighted by Gasteiger charge is -2.14. The third kappa shape index (κ3) is 5.08. The molecule has 23 heavy (non-hydrogen) atoms. The van der Waals surface area contributed by atoms with Crippen LogP contribution in [0, 0.1) is 5.82 Å². The summed E-state index contributed by atoms with van der Waals surface area (Å²) in [5.41, 5.74) is 2.23. The van der Waals surface area contributed by atoms with Crippen molar-refractivity contribution in [1.82, 2.24) is 5.32 Å². The maximum absolute atomic E-state index is 14.2. The average Bonchev–Trinajstić information content (AvgIpc) is 2.56. The SMILES string of the molecule is CSCCC(NCc1ccc(-c2ccccc2)cc1F)C(=O)O. The van der Waals surface area contributed by atoms with E-state index in [2.05, 4.69) is 5.32 Å². The zero-order valence-electron chi connectivity index (χ0n) is 13.0. The molecular weight excluding hydrogens is 313 g/mol. The van der Waals surface area contributed by atoms with Crippen molar-refractivity contribution in [2.24, 2.45) is 0 Å². The Morgan fingerprint density at radius 1 is 1.22 bits per heavy atom. The lowest BCUT2D eigenvalue weighted by molar-refractivity contribution is -0.139. The van der Waals surface area contributed by atoms with Gasteiger partial charge in [0.15, 0.2) is 0 Å². The highest BCUT2D eigenvalue weighted by atomic mass is 32.2. The van der Waals surface area contributed by atoms with Crippen molar-refractivity contribution in [3.8, 4) is 11.1 Å². The Bertz CT molecular complexity index is 649. The standard InChI is InChI=1S/C18H20FNO2S/c1-23-10-9-17(18(21)22)20-12-15-8-7-14(11-16(15)19)13-5-3-2-4-6-13/h2-8,11,17,20H,9-10,12H2,1H3,(H,21,22). The molecule has 2 N–H and O–H groups in total. The molecular formula is C18H20FNO2S. The highest BCUT2D eigenvalue weighted by Crippen LogP contribution is 2.21. The van der Waals surface area contributed by atoms with E-state index in [1.807, 2.05) is 42.7 Å². The predicted molar refractivity (Wildman–Crippen MR) is 93.1 cm³/mol. The first-order valence-electron chi connectivity index (χ1n) is 7.41. The number of carboxylic acid groups (broad SMARTS) is 1. The summed E-state index contributed by atoms with van der Waals surface area (Å²) >= 11 is 1.59. The predicted octanol–water partition coefficient (Wildman–Crippen LogP) is 3.79. The van der Waals surface area contributed by atoms with Gasteiger partial charge in [-0.2, -0.15) is 11.8 Å². The van der Waals surface area contributed by atoms with Gasteiger partial charge in [0.05, 0.1) is 0 Å². The van der Waals surface area contributed by atoms with Gasteiger partial charge in [-0.1, -0.05) is 42.5 Å². The van der Waals surface area contributed by atoms with Crippen LogP contribution in [0.15, 0.2) is 48.5 Å². The van der Waals surface area contributed by atoms with Crippen LogP contribution in [0.1, 0.15) is 12.0 Å². The molecule has 0 aliphatic heterocycles. The minimum Gasteiger partial charge on any atom is -0.480 e. The number of hydrogen-bond acceptors (Lipinski definition) is 3. The molecule has 0 saturated heterocycles. The molecule has 2 aromatic carbocycles. The Kier molecular flexibility index (Phi) is 6.62. The summed E-state index contributed by atoms with van der Waals surface area (Å²) < 4.78 is 14.2. The summed E-state index contributed by atoms with van der Waals surface area (Å²) in [6.07, 6.45) is 2.45. The fourth-order valence-corrected chi connectivity index (χ4v) is 2.75. The van der Waals surface area contributed by atoms with E-state index in [1.54, 1.807) is 17.8 Å². The molecule has 3 nitrogen and oxygen atoms in total. The second kappa shape index (κ2) is 8.70. The molecule has 2 rings (SSSR count). The van der Waals surface area contributed by atoms with Crippen LogP contribution >= 0.6 is 11.8 Å². The van der Waals surface area contributed by atoms with Crippen LogP contribution in [0.4, 0.5) is 4.39 Å². The van der Waals surface area contributed by atoms with Crippen molar-refractivity contribution in [3.63, 3.8) is 0 Å². The molecule has 0 radical (unpaired) electrons. The topological polar surface area (TPSA) is 49.3 Å². The molecule has 0 aliphatic carbocycles. The molecule has 1 unspecified atom stereocenters. The van der Waals surface area contributed by atoms with Crippen molar-refractivity contribution in [2.45, 2.75) is 19.0 Å². The fourth-order valence-electron chi connectivity index (χ4n) is 2.28. The fraction of sp³-hybridized carbons (Fsp3) is 0.278. The maximum atomic E-state index is 14.2. The van der Waals surface area contributed by atoms with E-state index in [1.165, 1.54) is 6.07 Å². The van der Waals surface area contributed by atoms with Crippen molar-refractivity contribution < 1.29 is 14.3 Å². The molecule has 2 aromatic rings. The molecule has 0 aromatic heterocycles. The number of carbonyl (C=O) groups is 1. The van der Waals surface area contributed by atoms with Gasteiger partial charge in [0.25, 0.3) is 0 Å². The molecule has 0 heterocycles. The Hall–Kier alpha value is -1.85. The van der Waals surface area contributed by atoms with Crippen molar-refractivity contribution >= 4 is 17.7 Å². The number of benzene rings is 2. The van der Waals surface area contributed by atoms with E-state index in [4.69, 9.17) is 0 Å². The average molecular weight is 333 g/mol. The summed E-state index contributed by atoms with van der Waals surface area (Å²) in [4.78, 5) is 11.2. The zero-order chi connectivity index (χ0) is 16.7. The van der Waals surface area contributed by atoms with E-state index in [-0.39, 0.29) is 12.4 Å². The van der Waals surface area contributed by atoms with Crippen molar-refractivity contribution in [3.05, 3.63) is 59.9 Å². The molecule has 0 bridgehead atoms. The summed E-state index contributed by atoms with van der Waals surface area (Å²) in [6.45, 7) is 0.201. The van der Waals surface area contributed by atoms with Crippen LogP contribution < -0.4 is 5.32 Å². The van der Waals surface area contributed by atoms with Gasteiger partial charge < -0.3 is 10.4 Å². The van der Waals surface area contributed by atoms with E-state index >= 15 is 0 Å². The minimum atomic E-state index is -0.902. The summed E-state index contributed by atoms with van der Waals surface area (Å²) in [5.74, 6) is -0.479. The minimum absolute atomic E-state index is 0.201. The normalized spacial score (nSPS) is 12.1. The van der Waals surface area contributed by atoms with E-state index in [0.717, 1.165) is 16.9 Å². The molecule has 122 valence electrons. The van der Waals surface area contributed by atoms with E-state index < -0.39 is 12.0 Å². The number of aliphatic carboxylic acids is 1. The second-order valence-electron chi connectivity index (χ2n) is 5.23. The van der Waals surface area contributed by atoms with Crippen molar-refractivity contribution in [2.75, 3.05) is 12.0 Å². The van der Waals surface area contributed by atoms with Gasteiger partial charge in [-0.05, 0) is 35.6 Å². The number of rotatable bonds is 8. The monoisotopic (exact) mass is 333 g/mol. The number of halogens is 1. The molecule has 0 fully saturated rings. The van der Waals surface area contributed by atoms with Crippen LogP contribution in [-0.4, -0.2) is 29.1 Å². The van der Waals surface area contributed by atoms with Crippen LogP contribution in [0.25, 0.3) is 11.1 Å². The zero-order valence-corrected chi connectivity index (χ0v) is 13.8. The van der Waals surface area contributed by atoms with Crippen LogP contribution in [0.2, 0.25) is 0 Å². The van der Waals surface area contributed by atoms with Crippen LogP contribution in [0.5, 0.6) is 0 Å². The van der Waals surface area contributed by atoms with Gasteiger partial charge in [-0.3, -0.25) is 4.79 Å². The number of hydrogen-bond donors (Lipinski definition) is 2. The Morgan fingerprint density at radius 2 is 1.96 bits per heavy atom. The molecule has 0 aliphatic rings. The van der Waals surface area contributed by atoms with Gasteiger partial charge >= 0.3 is 5.97 Å². The first-order chi connectivity index (χ1) is 11.1. The Balaban J connectivity index is 2.05. The lowest BCUT2D eigenvalue weighted by Crippen LogP contribution is -2.36. The highest BCUT2D eigenvalue weighted by Gasteiger charge is 2.16. The largest absolute Gasteiger partial charge is 0.480 e. The molecule has 0 amide bonds. The smallest absolute Gasteiger partial charge is 0.320 e. The molecule has 0 saturated carbocycles. The highest BCUT2D eigenvalue weighted by molar-refractivity contribution is 7.98. The maximum Gasteiger partial charge on any atom is 0.320 e. The number of nitrogens with one attached hydrogen (secondary N) is 1. The van der Waals surface area contributed by atoms with Gasteiger partial charge in [-0.15, -0.1) is 0 Å². The van der Waals surface area contributed by atoms with Gasteiger partial charge in [0, 0.05) is 12.1 Å². The first kappa shape index (κ1) is 17.5. The third-order valence-electron chi connectivity index (χ3n) is 3.61. The molecule has 0 spiro atoms. The molecule has 5 heteroatoms. The lowest BCUT2D eigenvalue weighted by atomic mass is 10.0. The number of thioether (sulfide) groups is 1. The summed E-state index contributed by atoms with van der Waals surface area (Å²) in [6, 6.07) is 14.0. The summed E-state index contributed by atoms with van der Waals surface area (Å²) in [5, 5.41) is 12.1. The van der Waals surface area contributed by atoms with Gasteiger partial charge in [0.2, 0.25) is 0 Å². The van der Waals surface area contributed by atoms with Crippen LogP contribution in [-0.2, 0) is 11.3 Å². The van der Waals surface area contributed by atoms with Gasteiger partial charge in [-0.25, -0.2) is 4.39 Å². The third-order valence-corrected chi connectivity index (χ3v) is 4.25. The number of carboxylic acids is 1. The van der Waals surface area contributed by atoms with E-state index in [0.29, 0.717) is 12.0 Å². The van der Waals surface area contributed by atoms with E-state index in [9.17, 15) is 14.3 Å². The Labute approximate surface area is 139 Å².